The molecule has 6 aliphatic rings. The fourth-order valence-corrected chi connectivity index (χ4v) is 9.29. The minimum Gasteiger partial charge on any atom is -0.291 e. The highest BCUT2D eigenvalue weighted by atomic mass is 35.5. The van der Waals surface area contributed by atoms with Crippen LogP contribution in [0.25, 0.3) is 0 Å². The first-order valence-corrected chi connectivity index (χ1v) is 14.3. The Morgan fingerprint density at radius 1 is 1.00 bits per heavy atom. The maximum absolute atomic E-state index is 6.76. The number of benzene rings is 1. The highest BCUT2D eigenvalue weighted by Crippen LogP contribution is 2.58. The van der Waals surface area contributed by atoms with Crippen LogP contribution < -0.4 is 4.90 Å². The molecule has 7 rings (SSSR count). The summed E-state index contributed by atoms with van der Waals surface area (Å²) in [6.07, 6.45) is 8.14. The summed E-state index contributed by atoms with van der Waals surface area (Å²) in [4.78, 5) is 11.7. The molecule has 32 heavy (non-hydrogen) atoms. The van der Waals surface area contributed by atoms with Gasteiger partial charge in [0.1, 0.15) is 5.84 Å². The highest BCUT2D eigenvalue weighted by Gasteiger charge is 2.56. The minimum atomic E-state index is -0.155. The Balaban J connectivity index is 1.49. The summed E-state index contributed by atoms with van der Waals surface area (Å²) >= 11 is 15.0. The average molecular weight is 488 g/mol. The van der Waals surface area contributed by atoms with Crippen molar-refractivity contribution in [1.82, 2.24) is 4.90 Å². The second-order valence-electron chi connectivity index (χ2n) is 11.5. The van der Waals surface area contributed by atoms with Gasteiger partial charge < -0.3 is 0 Å². The predicted molar refractivity (Wildman–Crippen MR) is 141 cm³/mol. The van der Waals surface area contributed by atoms with Crippen molar-refractivity contribution in [2.45, 2.75) is 64.0 Å². The lowest BCUT2D eigenvalue weighted by Crippen LogP contribution is -2.54. The van der Waals surface area contributed by atoms with E-state index in [4.69, 9.17) is 28.8 Å². The normalized spacial score (nSPS) is 39.9. The summed E-state index contributed by atoms with van der Waals surface area (Å²) in [7, 11) is 0. The Labute approximate surface area is 207 Å². The van der Waals surface area contributed by atoms with Gasteiger partial charge in [0, 0.05) is 30.0 Å². The molecular weight excluding hydrogens is 454 g/mol. The molecule has 1 atom stereocenters. The molecule has 4 saturated carbocycles. The monoisotopic (exact) mass is 487 g/mol. The lowest BCUT2D eigenvalue weighted by Gasteiger charge is -2.55. The van der Waals surface area contributed by atoms with Crippen LogP contribution in [0.4, 0.5) is 5.69 Å². The first-order chi connectivity index (χ1) is 15.4. The number of thioether (sulfide) groups is 1. The number of rotatable bonds is 3. The molecule has 1 aromatic carbocycles. The van der Waals surface area contributed by atoms with Crippen LogP contribution in [0, 0.1) is 23.2 Å². The number of thiocarbonyl (C=S) groups is 1. The van der Waals surface area contributed by atoms with E-state index in [2.05, 4.69) is 47.5 Å². The molecule has 1 aromatic rings. The van der Waals surface area contributed by atoms with E-state index in [0.717, 1.165) is 46.5 Å². The molecule has 2 aliphatic heterocycles. The van der Waals surface area contributed by atoms with Crippen LogP contribution in [-0.4, -0.2) is 51.9 Å². The smallest absolute Gasteiger partial charge is 0.128 e. The molecule has 6 heteroatoms. The summed E-state index contributed by atoms with van der Waals surface area (Å²) in [6.45, 7) is 6.87. The van der Waals surface area contributed by atoms with Crippen LogP contribution in [0.3, 0.4) is 0 Å². The fourth-order valence-electron chi connectivity index (χ4n) is 7.83. The third-order valence-electron chi connectivity index (χ3n) is 8.77. The quantitative estimate of drug-likeness (QED) is 0.465. The maximum atomic E-state index is 6.76. The third-order valence-corrected chi connectivity index (χ3v) is 10.7. The van der Waals surface area contributed by atoms with Crippen LogP contribution in [0.1, 0.15) is 52.4 Å². The van der Waals surface area contributed by atoms with E-state index in [-0.39, 0.29) is 17.0 Å². The van der Waals surface area contributed by atoms with E-state index < -0.39 is 0 Å². The zero-order valence-electron chi connectivity index (χ0n) is 19.2. The number of para-hydroxylation sites is 1. The first kappa shape index (κ1) is 21.9. The van der Waals surface area contributed by atoms with Gasteiger partial charge in [-0.05, 0) is 68.4 Å². The van der Waals surface area contributed by atoms with Crippen molar-refractivity contribution in [1.29, 1.82) is 0 Å². The van der Waals surface area contributed by atoms with E-state index in [9.17, 15) is 0 Å². The molecule has 1 unspecified atom stereocenters. The van der Waals surface area contributed by atoms with Gasteiger partial charge in [0.2, 0.25) is 0 Å². The highest BCUT2D eigenvalue weighted by molar-refractivity contribution is 7.99. The number of nitrogens with zero attached hydrogens (tertiary/aromatic N) is 3. The Bertz CT molecular complexity index is 917. The SMILES string of the molecule is CC1(C)C(=S)N(c2ccccc2Cl)C(=NC23CC4CC(CC(C4)C2)C3)C1N1CCSCC1. The number of aliphatic imine (C=N–C) groups is 1. The molecule has 0 radical (unpaired) electrons. The molecule has 172 valence electrons. The number of amidine groups is 1. The molecule has 0 N–H and O–H groups in total. The molecule has 0 spiro atoms. The Morgan fingerprint density at radius 2 is 1.59 bits per heavy atom. The van der Waals surface area contributed by atoms with Crippen LogP contribution in [0.5, 0.6) is 0 Å². The third kappa shape index (κ3) is 3.49. The summed E-state index contributed by atoms with van der Waals surface area (Å²) in [5.74, 6) is 6.20. The second-order valence-corrected chi connectivity index (χ2v) is 13.5. The molecule has 4 bridgehead atoms. The zero-order chi connectivity index (χ0) is 22.1. The van der Waals surface area contributed by atoms with E-state index >= 15 is 0 Å². The minimum absolute atomic E-state index is 0.114. The van der Waals surface area contributed by atoms with Crippen molar-refractivity contribution in [3.63, 3.8) is 0 Å². The lowest BCUT2D eigenvalue weighted by atomic mass is 9.53. The number of hydrogen-bond acceptors (Lipinski definition) is 4. The summed E-state index contributed by atoms with van der Waals surface area (Å²) in [5.41, 5.74) is 0.963. The van der Waals surface area contributed by atoms with Crippen molar-refractivity contribution in [2.24, 2.45) is 28.2 Å². The second kappa shape index (κ2) is 7.96. The Hall–Kier alpha value is -0.620. The molecule has 0 amide bonds. The molecular formula is C26H34ClN3S2. The molecule has 3 nitrogen and oxygen atoms in total. The van der Waals surface area contributed by atoms with E-state index in [1.54, 1.807) is 0 Å². The van der Waals surface area contributed by atoms with Gasteiger partial charge in [0.15, 0.2) is 0 Å². The predicted octanol–water partition coefficient (Wildman–Crippen LogP) is 6.30. The zero-order valence-corrected chi connectivity index (χ0v) is 21.6. The van der Waals surface area contributed by atoms with E-state index in [1.807, 2.05) is 12.1 Å². The number of hydrogen-bond donors (Lipinski definition) is 0. The molecule has 2 saturated heterocycles. The van der Waals surface area contributed by atoms with Gasteiger partial charge in [0.05, 0.1) is 27.3 Å². The van der Waals surface area contributed by atoms with Gasteiger partial charge >= 0.3 is 0 Å². The van der Waals surface area contributed by atoms with Crippen molar-refractivity contribution < 1.29 is 0 Å². The molecule has 2 heterocycles. The molecule has 6 fully saturated rings. The van der Waals surface area contributed by atoms with Crippen LogP contribution in [-0.2, 0) is 0 Å². The van der Waals surface area contributed by atoms with Gasteiger partial charge in [-0.2, -0.15) is 11.8 Å². The largest absolute Gasteiger partial charge is 0.291 e. The van der Waals surface area contributed by atoms with E-state index in [0.29, 0.717) is 0 Å². The summed E-state index contributed by atoms with van der Waals surface area (Å²) in [6, 6.07) is 8.41. The number of halogens is 1. The van der Waals surface area contributed by atoms with Crippen molar-refractivity contribution in [2.75, 3.05) is 29.5 Å². The summed E-state index contributed by atoms with van der Waals surface area (Å²) in [5, 5.41) is 0.763. The van der Waals surface area contributed by atoms with Crippen molar-refractivity contribution >= 4 is 52.1 Å². The van der Waals surface area contributed by atoms with Gasteiger partial charge in [-0.1, -0.05) is 49.8 Å². The number of anilines is 1. The van der Waals surface area contributed by atoms with Gasteiger partial charge in [-0.15, -0.1) is 0 Å². The molecule has 4 aliphatic carbocycles. The Kier molecular flexibility index (Phi) is 5.45. The van der Waals surface area contributed by atoms with Crippen molar-refractivity contribution in [3.8, 4) is 0 Å². The summed E-state index contributed by atoms with van der Waals surface area (Å²) < 4.78 is 0. The van der Waals surface area contributed by atoms with Crippen molar-refractivity contribution in [3.05, 3.63) is 29.3 Å². The van der Waals surface area contributed by atoms with Gasteiger partial charge in [-0.25, -0.2) is 0 Å². The van der Waals surface area contributed by atoms with E-state index in [1.165, 1.54) is 55.9 Å². The first-order valence-electron chi connectivity index (χ1n) is 12.4. The topological polar surface area (TPSA) is 18.8 Å². The van der Waals surface area contributed by atoms with Gasteiger partial charge in [0.25, 0.3) is 0 Å². The molecule has 0 aromatic heterocycles. The van der Waals surface area contributed by atoms with Crippen LogP contribution in [0.15, 0.2) is 29.3 Å². The average Bonchev–Trinajstić information content (AvgIpc) is 2.93. The maximum Gasteiger partial charge on any atom is 0.128 e. The Morgan fingerprint density at radius 3 is 2.19 bits per heavy atom. The fraction of sp³-hybridized carbons (Fsp3) is 0.692. The van der Waals surface area contributed by atoms with Gasteiger partial charge in [-0.3, -0.25) is 14.8 Å². The van der Waals surface area contributed by atoms with Crippen LogP contribution >= 0.6 is 35.6 Å². The van der Waals surface area contributed by atoms with Crippen LogP contribution in [0.2, 0.25) is 5.02 Å². The standard InChI is InChI=1S/C26H34ClN3S2/c1-25(2)22(29-7-9-32-10-8-29)23(30(24(25)31)21-6-4-3-5-20(21)27)28-26-14-17-11-18(15-26)13-19(12-17)16-26/h3-6,17-19,22H,7-16H2,1-2H3. The lowest BCUT2D eigenvalue weighted by molar-refractivity contribution is 0.00121.